The van der Waals surface area contributed by atoms with Crippen molar-refractivity contribution < 1.29 is 8.42 Å². The van der Waals surface area contributed by atoms with E-state index in [0.717, 1.165) is 4.31 Å². The Hall–Kier alpha value is -1.53. The van der Waals surface area contributed by atoms with Crippen LogP contribution < -0.4 is 4.31 Å². The molecule has 2 rings (SSSR count). The smallest absolute Gasteiger partial charge is 0.284 e. The van der Waals surface area contributed by atoms with Crippen molar-refractivity contribution in [3.05, 3.63) is 41.8 Å². The average molecular weight is 286 g/mol. The molecule has 0 saturated heterocycles. The molecule has 0 unspecified atom stereocenters. The average Bonchev–Trinajstić information content (AvgIpc) is 2.70. The van der Waals surface area contributed by atoms with E-state index in [2.05, 4.69) is 4.98 Å². The van der Waals surface area contributed by atoms with Gasteiger partial charge in [-0.2, -0.15) is 8.42 Å². The molecule has 1 aromatic carbocycles. The van der Waals surface area contributed by atoms with Gasteiger partial charge in [-0.3, -0.25) is 4.31 Å². The largest absolute Gasteiger partial charge is 0.324 e. The Balaban J connectivity index is 2.47. The van der Waals surface area contributed by atoms with Crippen molar-refractivity contribution in [1.82, 2.24) is 9.55 Å². The molecule has 1 heterocycles. The quantitative estimate of drug-likeness (QED) is 0.865. The van der Waals surface area contributed by atoms with Crippen molar-refractivity contribution in [2.75, 3.05) is 11.4 Å². The van der Waals surface area contributed by atoms with Gasteiger partial charge in [0.25, 0.3) is 10.0 Å². The summed E-state index contributed by atoms with van der Waals surface area (Å²) < 4.78 is 27.3. The van der Waals surface area contributed by atoms with Gasteiger partial charge in [-0.25, -0.2) is 4.98 Å². The molecule has 0 N–H and O–H groups in total. The van der Waals surface area contributed by atoms with E-state index in [0.29, 0.717) is 5.69 Å². The van der Waals surface area contributed by atoms with E-state index in [9.17, 15) is 8.42 Å². The van der Waals surface area contributed by atoms with E-state index in [1.165, 1.54) is 17.9 Å². The second kappa shape index (κ2) is 4.62. The first-order chi connectivity index (χ1) is 8.44. The molecule has 0 saturated carbocycles. The van der Waals surface area contributed by atoms with Crippen LogP contribution in [0.25, 0.3) is 0 Å². The number of sulfonamides is 1. The van der Waals surface area contributed by atoms with Crippen LogP contribution in [0.3, 0.4) is 0 Å². The highest BCUT2D eigenvalue weighted by atomic mass is 35.5. The molecule has 18 heavy (non-hydrogen) atoms. The fraction of sp³-hybridized carbons (Fsp3) is 0.182. The van der Waals surface area contributed by atoms with Gasteiger partial charge < -0.3 is 4.57 Å². The summed E-state index contributed by atoms with van der Waals surface area (Å²) in [6.07, 6.45) is 1.37. The van der Waals surface area contributed by atoms with Gasteiger partial charge >= 0.3 is 0 Å². The fourth-order valence-electron chi connectivity index (χ4n) is 1.47. The zero-order valence-corrected chi connectivity index (χ0v) is 11.5. The Morgan fingerprint density at radius 3 is 2.39 bits per heavy atom. The predicted molar refractivity (Wildman–Crippen MR) is 70.2 cm³/mol. The minimum absolute atomic E-state index is 0.0952. The molecule has 5 nitrogen and oxygen atoms in total. The minimum atomic E-state index is -3.73. The Bertz CT molecular complexity index is 652. The van der Waals surface area contributed by atoms with E-state index in [4.69, 9.17) is 11.6 Å². The lowest BCUT2D eigenvalue weighted by molar-refractivity contribution is 0.591. The topological polar surface area (TPSA) is 55.2 Å². The molecular formula is C11H12ClN3O2S. The summed E-state index contributed by atoms with van der Waals surface area (Å²) in [5.41, 5.74) is 0.555. The number of hydrogen-bond acceptors (Lipinski definition) is 3. The molecule has 96 valence electrons. The van der Waals surface area contributed by atoms with Gasteiger partial charge in [-0.1, -0.05) is 29.8 Å². The van der Waals surface area contributed by atoms with Gasteiger partial charge in [0.05, 0.1) is 12.0 Å². The summed E-state index contributed by atoms with van der Waals surface area (Å²) in [6.45, 7) is 0. The fourth-order valence-corrected chi connectivity index (χ4v) is 3.05. The second-order valence-corrected chi connectivity index (χ2v) is 6.00. The van der Waals surface area contributed by atoms with Gasteiger partial charge in [-0.15, -0.1) is 0 Å². The summed E-state index contributed by atoms with van der Waals surface area (Å²) in [7, 11) is -0.629. The van der Waals surface area contributed by atoms with Crippen molar-refractivity contribution in [3.8, 4) is 0 Å². The molecule has 0 aliphatic carbocycles. The summed E-state index contributed by atoms with van der Waals surface area (Å²) in [5, 5.41) is -0.0456. The van der Waals surface area contributed by atoms with Crippen LogP contribution in [0.1, 0.15) is 0 Å². The van der Waals surface area contributed by atoms with Gasteiger partial charge in [0.2, 0.25) is 5.03 Å². The van der Waals surface area contributed by atoms with Gasteiger partial charge in [0.1, 0.15) is 5.15 Å². The van der Waals surface area contributed by atoms with E-state index < -0.39 is 10.0 Å². The van der Waals surface area contributed by atoms with Crippen LogP contribution in [-0.4, -0.2) is 25.0 Å². The maximum atomic E-state index is 12.3. The number of aromatic nitrogens is 2. The number of rotatable bonds is 3. The summed E-state index contributed by atoms with van der Waals surface area (Å²) in [6, 6.07) is 8.75. The molecule has 0 radical (unpaired) electrons. The third-order valence-electron chi connectivity index (χ3n) is 2.56. The Labute approximate surface area is 111 Å². The van der Waals surface area contributed by atoms with Gasteiger partial charge in [0.15, 0.2) is 0 Å². The third-order valence-corrected chi connectivity index (χ3v) is 4.84. The Morgan fingerprint density at radius 2 is 1.89 bits per heavy atom. The highest BCUT2D eigenvalue weighted by molar-refractivity contribution is 7.92. The highest BCUT2D eigenvalue weighted by Crippen LogP contribution is 2.25. The lowest BCUT2D eigenvalue weighted by Crippen LogP contribution is -2.27. The number of anilines is 1. The molecule has 2 aromatic rings. The van der Waals surface area contributed by atoms with Crippen LogP contribution in [-0.2, 0) is 17.1 Å². The van der Waals surface area contributed by atoms with Crippen LogP contribution >= 0.6 is 11.6 Å². The third kappa shape index (κ3) is 2.09. The molecular weight excluding hydrogens is 274 g/mol. The maximum Gasteiger partial charge on any atom is 0.284 e. The molecule has 0 amide bonds. The first kappa shape index (κ1) is 12.9. The van der Waals surface area contributed by atoms with Crippen molar-refractivity contribution in [2.45, 2.75) is 5.03 Å². The lowest BCUT2D eigenvalue weighted by Gasteiger charge is -2.18. The van der Waals surface area contributed by atoms with E-state index in [1.807, 2.05) is 6.07 Å². The maximum absolute atomic E-state index is 12.3. The van der Waals surface area contributed by atoms with Gasteiger partial charge in [0, 0.05) is 14.1 Å². The Morgan fingerprint density at radius 1 is 1.28 bits per heavy atom. The molecule has 0 spiro atoms. The molecule has 0 aliphatic rings. The lowest BCUT2D eigenvalue weighted by atomic mass is 10.3. The number of hydrogen-bond donors (Lipinski definition) is 0. The summed E-state index contributed by atoms with van der Waals surface area (Å²) in [5.74, 6) is 0. The zero-order valence-electron chi connectivity index (χ0n) is 9.91. The number of benzene rings is 1. The zero-order chi connectivity index (χ0) is 13.3. The van der Waals surface area contributed by atoms with E-state index in [1.54, 1.807) is 31.3 Å². The number of imidazole rings is 1. The summed E-state index contributed by atoms with van der Waals surface area (Å²) >= 11 is 5.92. The SMILES string of the molecule is CN(c1ccccc1)S(=O)(=O)c1ncn(C)c1Cl. The first-order valence-electron chi connectivity index (χ1n) is 5.15. The number of aryl methyl sites for hydroxylation is 1. The molecule has 1 aromatic heterocycles. The predicted octanol–water partition coefficient (Wildman–Crippen LogP) is 1.90. The Kier molecular flexibility index (Phi) is 3.32. The van der Waals surface area contributed by atoms with Crippen LogP contribution in [0.15, 0.2) is 41.7 Å². The van der Waals surface area contributed by atoms with Crippen LogP contribution in [0.4, 0.5) is 5.69 Å². The van der Waals surface area contributed by atoms with Crippen molar-refractivity contribution >= 4 is 27.3 Å². The molecule has 0 fully saturated rings. The van der Waals surface area contributed by atoms with Crippen LogP contribution in [0, 0.1) is 0 Å². The van der Waals surface area contributed by atoms with Crippen molar-refractivity contribution in [3.63, 3.8) is 0 Å². The van der Waals surface area contributed by atoms with Gasteiger partial charge in [-0.05, 0) is 12.1 Å². The van der Waals surface area contributed by atoms with Crippen molar-refractivity contribution in [1.29, 1.82) is 0 Å². The first-order valence-corrected chi connectivity index (χ1v) is 6.97. The standard InChI is InChI=1S/C11H12ClN3O2S/c1-14-8-13-11(10(14)12)18(16,17)15(2)9-6-4-3-5-7-9/h3-8H,1-2H3. The van der Waals surface area contributed by atoms with Crippen LogP contribution in [0.2, 0.25) is 5.15 Å². The minimum Gasteiger partial charge on any atom is -0.324 e. The summed E-state index contributed by atoms with van der Waals surface area (Å²) in [4.78, 5) is 3.83. The molecule has 7 heteroatoms. The van der Waals surface area contributed by atoms with E-state index in [-0.39, 0.29) is 10.2 Å². The van der Waals surface area contributed by atoms with Crippen molar-refractivity contribution in [2.24, 2.45) is 7.05 Å². The number of halogens is 1. The second-order valence-electron chi connectivity index (χ2n) is 3.76. The highest BCUT2D eigenvalue weighted by Gasteiger charge is 2.27. The van der Waals surface area contributed by atoms with Crippen LogP contribution in [0.5, 0.6) is 0 Å². The monoisotopic (exact) mass is 285 g/mol. The molecule has 0 atom stereocenters. The normalized spacial score (nSPS) is 11.5. The molecule has 0 aliphatic heterocycles. The number of para-hydroxylation sites is 1. The molecule has 0 bridgehead atoms. The number of nitrogens with zero attached hydrogens (tertiary/aromatic N) is 3. The van der Waals surface area contributed by atoms with E-state index >= 15 is 0 Å².